The molecule has 0 aliphatic heterocycles. The highest BCUT2D eigenvalue weighted by Gasteiger charge is 2.37. The van der Waals surface area contributed by atoms with Gasteiger partial charge in [-0.1, -0.05) is 38.0 Å². The van der Waals surface area contributed by atoms with Crippen molar-refractivity contribution in [2.24, 2.45) is 5.41 Å². The van der Waals surface area contributed by atoms with Crippen molar-refractivity contribution in [3.05, 3.63) is 127 Å². The van der Waals surface area contributed by atoms with Crippen LogP contribution in [0.4, 0.5) is 31.4 Å². The van der Waals surface area contributed by atoms with Crippen LogP contribution in [0.15, 0.2) is 111 Å². The molecule has 3 rings (SSSR count). The van der Waals surface area contributed by atoms with Gasteiger partial charge in [0.2, 0.25) is 0 Å². The van der Waals surface area contributed by atoms with E-state index in [1.165, 1.54) is 54.6 Å². The van der Waals surface area contributed by atoms with Crippen LogP contribution >= 0.6 is 0 Å². The molecule has 0 saturated carbocycles. The van der Waals surface area contributed by atoms with Crippen LogP contribution in [0.2, 0.25) is 0 Å². The highest BCUT2D eigenvalue weighted by atomic mass is 16.6. The monoisotopic (exact) mass is 840 g/mol. The number of carbonyl (C=O) groups is 7. The van der Waals surface area contributed by atoms with Gasteiger partial charge < -0.3 is 35.3 Å². The van der Waals surface area contributed by atoms with Crippen LogP contribution in [0, 0.1) is 5.41 Å². The molecule has 324 valence electrons. The Morgan fingerprint density at radius 1 is 0.475 bits per heavy atom. The molecule has 0 unspecified atom stereocenters. The molecule has 3 aromatic carbocycles. The van der Waals surface area contributed by atoms with E-state index in [4.69, 9.17) is 14.2 Å². The Hall–Kier alpha value is -7.43. The van der Waals surface area contributed by atoms with Gasteiger partial charge in [0, 0.05) is 53.4 Å². The van der Waals surface area contributed by atoms with Crippen LogP contribution in [0.25, 0.3) is 0 Å². The van der Waals surface area contributed by atoms with Crippen molar-refractivity contribution in [1.29, 1.82) is 0 Å². The van der Waals surface area contributed by atoms with Crippen molar-refractivity contribution in [3.63, 3.8) is 0 Å². The van der Waals surface area contributed by atoms with Crippen molar-refractivity contribution < 1.29 is 52.9 Å². The summed E-state index contributed by atoms with van der Waals surface area (Å²) in [6, 6.07) is 18.5. The van der Waals surface area contributed by atoms with Gasteiger partial charge in [-0.3, -0.25) is 35.1 Å². The average Bonchev–Trinajstić information content (AvgIpc) is 3.26. The van der Waals surface area contributed by atoms with Gasteiger partial charge in [0.05, 0.1) is 5.41 Å². The van der Waals surface area contributed by atoms with E-state index in [9.17, 15) is 38.7 Å². The lowest BCUT2D eigenvalue weighted by Crippen LogP contribution is -2.35. The summed E-state index contributed by atoms with van der Waals surface area (Å²) in [5, 5.41) is 26.6. The predicted octanol–water partition coefficient (Wildman–Crippen LogP) is 6.89. The van der Waals surface area contributed by atoms with Gasteiger partial charge in [0.15, 0.2) is 0 Å². The minimum Gasteiger partial charge on any atom is -0.481 e. The summed E-state index contributed by atoms with van der Waals surface area (Å²) in [5.41, 5.74) is 1.00. The van der Waals surface area contributed by atoms with E-state index < -0.39 is 29.7 Å². The molecule has 17 nitrogen and oxygen atoms in total. The molecule has 0 atom stereocenters. The molecule has 61 heavy (non-hydrogen) atoms. The Kier molecular flexibility index (Phi) is 20.3. The van der Waals surface area contributed by atoms with Crippen LogP contribution in [-0.4, -0.2) is 86.5 Å². The second-order valence-corrected chi connectivity index (χ2v) is 13.4. The molecule has 0 spiro atoms. The normalized spacial score (nSPS) is 10.5. The quantitative estimate of drug-likeness (QED) is 0.0263. The second kappa shape index (κ2) is 25.8. The first-order valence-electron chi connectivity index (χ1n) is 19.4. The first kappa shape index (κ1) is 47.9. The largest absolute Gasteiger partial charge is 0.481 e. The number of carbonyl (C=O) groups excluding carboxylic acids is 6. The Bertz CT molecular complexity index is 1770. The Balaban J connectivity index is 1.59. The Morgan fingerprint density at radius 2 is 0.738 bits per heavy atom. The summed E-state index contributed by atoms with van der Waals surface area (Å²) >= 11 is 0. The number of anilines is 3. The molecule has 0 aliphatic carbocycles. The van der Waals surface area contributed by atoms with Crippen molar-refractivity contribution in [3.8, 4) is 0 Å². The van der Waals surface area contributed by atoms with Crippen molar-refractivity contribution in [1.82, 2.24) is 16.0 Å². The Morgan fingerprint density at radius 3 is 0.967 bits per heavy atom. The SMILES string of the molecule is C=CCOC(=O)Nc1ccc(C(=O)NCCCC(CCCNC(=O)c2ccc(NC(=O)OCC=C)cc2)(CCCNC(=O)c2ccc(NC(=O)OCC=C)cc2)C(=O)O)cc1. The number of nitrogens with one attached hydrogen (secondary N) is 6. The van der Waals surface area contributed by atoms with Crippen LogP contribution in [0.5, 0.6) is 0 Å². The van der Waals surface area contributed by atoms with Gasteiger partial charge in [0.1, 0.15) is 19.8 Å². The van der Waals surface area contributed by atoms with Gasteiger partial charge >= 0.3 is 24.2 Å². The predicted molar refractivity (Wildman–Crippen MR) is 230 cm³/mol. The molecule has 17 heteroatoms. The molecular formula is C44H52N6O11. The summed E-state index contributed by atoms with van der Waals surface area (Å²) in [7, 11) is 0. The molecule has 0 aliphatic rings. The minimum absolute atomic E-state index is 0.0448. The molecule has 7 N–H and O–H groups in total. The van der Waals surface area contributed by atoms with Gasteiger partial charge in [0.25, 0.3) is 17.7 Å². The van der Waals surface area contributed by atoms with Crippen LogP contribution in [0.3, 0.4) is 0 Å². The first-order valence-corrected chi connectivity index (χ1v) is 19.4. The molecule has 0 heterocycles. The van der Waals surface area contributed by atoms with E-state index in [0.29, 0.717) is 53.0 Å². The van der Waals surface area contributed by atoms with E-state index in [1.54, 1.807) is 36.4 Å². The van der Waals surface area contributed by atoms with Crippen molar-refractivity contribution >= 4 is 59.0 Å². The van der Waals surface area contributed by atoms with Crippen LogP contribution < -0.4 is 31.9 Å². The second-order valence-electron chi connectivity index (χ2n) is 13.4. The molecule has 0 fully saturated rings. The number of hydrogen-bond acceptors (Lipinski definition) is 10. The molecular weight excluding hydrogens is 789 g/mol. The smallest absolute Gasteiger partial charge is 0.411 e. The van der Waals surface area contributed by atoms with E-state index in [-0.39, 0.29) is 76.4 Å². The fourth-order valence-corrected chi connectivity index (χ4v) is 5.87. The third-order valence-corrected chi connectivity index (χ3v) is 8.98. The summed E-state index contributed by atoms with van der Waals surface area (Å²) in [5.74, 6) is -2.21. The first-order chi connectivity index (χ1) is 29.4. The molecule has 3 aromatic rings. The number of ether oxygens (including phenoxy) is 3. The summed E-state index contributed by atoms with van der Waals surface area (Å²) in [6.07, 6.45) is 3.80. The highest BCUT2D eigenvalue weighted by molar-refractivity contribution is 5.96. The summed E-state index contributed by atoms with van der Waals surface area (Å²) < 4.78 is 14.7. The van der Waals surface area contributed by atoms with Gasteiger partial charge in [-0.05, 0) is 111 Å². The molecule has 0 bridgehead atoms. The van der Waals surface area contributed by atoms with E-state index >= 15 is 0 Å². The lowest BCUT2D eigenvalue weighted by atomic mass is 9.75. The maximum atomic E-state index is 13.0. The summed E-state index contributed by atoms with van der Waals surface area (Å²) in [6.45, 7) is 11.1. The number of rotatable bonds is 25. The van der Waals surface area contributed by atoms with Gasteiger partial charge in [-0.15, -0.1) is 0 Å². The standard InChI is InChI=1S/C44H52N6O11/c1-4-28-59-41(56)48-34-16-10-31(11-17-34)37(51)45-25-7-22-44(40(54)55,23-8-26-46-38(52)32-12-18-35(19-13-32)49-42(57)60-29-5-2)24-9-27-47-39(53)33-14-20-36(21-15-33)50-43(58)61-30-6-3/h4-6,10-21H,1-3,7-9,22-30H2,(H,45,51)(H,46,52)(H,47,53)(H,48,56)(H,49,57)(H,50,58)(H,54,55). The van der Waals surface area contributed by atoms with Crippen LogP contribution in [0.1, 0.15) is 69.6 Å². The zero-order valence-corrected chi connectivity index (χ0v) is 33.8. The third-order valence-electron chi connectivity index (χ3n) is 8.98. The number of carboxylic acid groups (broad SMARTS) is 1. The maximum Gasteiger partial charge on any atom is 0.411 e. The number of aliphatic carboxylic acids is 1. The van der Waals surface area contributed by atoms with Crippen molar-refractivity contribution in [2.45, 2.75) is 38.5 Å². The van der Waals surface area contributed by atoms with E-state index in [0.717, 1.165) is 0 Å². The van der Waals surface area contributed by atoms with E-state index in [2.05, 4.69) is 51.6 Å². The zero-order valence-electron chi connectivity index (χ0n) is 33.8. The van der Waals surface area contributed by atoms with Crippen molar-refractivity contribution in [2.75, 3.05) is 55.4 Å². The number of carboxylic acids is 1. The van der Waals surface area contributed by atoms with Gasteiger partial charge in [-0.2, -0.15) is 0 Å². The maximum absolute atomic E-state index is 13.0. The lowest BCUT2D eigenvalue weighted by Gasteiger charge is -2.30. The number of hydrogen-bond donors (Lipinski definition) is 7. The third kappa shape index (κ3) is 17.1. The topological polar surface area (TPSA) is 240 Å². The zero-order chi connectivity index (χ0) is 44.5. The average molecular weight is 841 g/mol. The highest BCUT2D eigenvalue weighted by Crippen LogP contribution is 2.35. The fourth-order valence-electron chi connectivity index (χ4n) is 5.87. The minimum atomic E-state index is -1.26. The van der Waals surface area contributed by atoms with Crippen LogP contribution in [-0.2, 0) is 19.0 Å². The number of benzene rings is 3. The molecule has 0 saturated heterocycles. The fraction of sp³-hybridized carbons (Fsp3) is 0.295. The molecule has 6 amide bonds. The Labute approximate surface area is 354 Å². The molecule has 0 aromatic heterocycles. The number of amides is 6. The summed E-state index contributed by atoms with van der Waals surface area (Å²) in [4.78, 5) is 87.0. The molecule has 0 radical (unpaired) electrons. The lowest BCUT2D eigenvalue weighted by molar-refractivity contribution is -0.150. The van der Waals surface area contributed by atoms with Gasteiger partial charge in [-0.25, -0.2) is 14.4 Å². The van der Waals surface area contributed by atoms with E-state index in [1.807, 2.05) is 0 Å².